The Morgan fingerprint density at radius 2 is 1.32 bits per heavy atom. The zero-order chi connectivity index (χ0) is 15.9. The maximum absolute atomic E-state index is 13.8. The van der Waals surface area contributed by atoms with Crippen molar-refractivity contribution in [2.24, 2.45) is 0 Å². The Kier molecular flexibility index (Phi) is 5.25. The Labute approximate surface area is 129 Å². The normalized spacial score (nSPS) is 9.82. The van der Waals surface area contributed by atoms with Gasteiger partial charge in [-0.1, -0.05) is 56.3 Å². The number of halogens is 1. The molecule has 0 saturated heterocycles. The van der Waals surface area contributed by atoms with Gasteiger partial charge in [0, 0.05) is 5.56 Å². The molecule has 0 aliphatic carbocycles. The molecule has 0 aliphatic rings. The third-order valence-corrected chi connectivity index (χ3v) is 2.96. The summed E-state index contributed by atoms with van der Waals surface area (Å²) in [5.41, 5.74) is 1.91. The largest absolute Gasteiger partial charge is 0.206 e. The van der Waals surface area contributed by atoms with Gasteiger partial charge in [0.05, 0.1) is 5.56 Å². The van der Waals surface area contributed by atoms with Crippen molar-refractivity contribution in [1.82, 2.24) is 20.4 Å². The fraction of sp³-hybridized carbons (Fsp3) is 0.176. The third kappa shape index (κ3) is 3.31. The molecule has 0 N–H and O–H groups in total. The first-order valence-electron chi connectivity index (χ1n) is 7.14. The van der Waals surface area contributed by atoms with E-state index in [4.69, 9.17) is 0 Å². The minimum Gasteiger partial charge on any atom is -0.206 e. The van der Waals surface area contributed by atoms with Crippen molar-refractivity contribution in [3.05, 3.63) is 59.9 Å². The average molecular weight is 296 g/mol. The highest BCUT2D eigenvalue weighted by molar-refractivity contribution is 5.60. The lowest BCUT2D eigenvalue weighted by Crippen LogP contribution is -2.01. The molecule has 0 atom stereocenters. The Bertz CT molecular complexity index is 707. The quantitative estimate of drug-likeness (QED) is 0.715. The first-order valence-corrected chi connectivity index (χ1v) is 7.14. The molecule has 0 radical (unpaired) electrons. The van der Waals surface area contributed by atoms with Crippen LogP contribution in [0.3, 0.4) is 0 Å². The molecule has 0 unspecified atom stereocenters. The first-order chi connectivity index (χ1) is 10.8. The summed E-state index contributed by atoms with van der Waals surface area (Å²) in [6, 6.07) is 14.2. The molecule has 3 rings (SSSR count). The predicted molar refractivity (Wildman–Crippen MR) is 84.5 cm³/mol. The average Bonchev–Trinajstić information content (AvgIpc) is 2.58. The van der Waals surface area contributed by atoms with Crippen molar-refractivity contribution in [2.45, 2.75) is 20.8 Å². The summed E-state index contributed by atoms with van der Waals surface area (Å²) < 4.78 is 13.8. The number of aryl methyl sites for hydroxylation is 1. The number of hydrogen-bond donors (Lipinski definition) is 0. The van der Waals surface area contributed by atoms with E-state index in [0.717, 1.165) is 11.1 Å². The molecule has 1 heterocycles. The smallest absolute Gasteiger partial charge is 0.206 e. The van der Waals surface area contributed by atoms with Gasteiger partial charge in [0.15, 0.2) is 0 Å². The van der Waals surface area contributed by atoms with Crippen LogP contribution in [0.5, 0.6) is 0 Å². The van der Waals surface area contributed by atoms with E-state index in [1.165, 1.54) is 6.07 Å². The number of rotatable bonds is 2. The van der Waals surface area contributed by atoms with E-state index in [2.05, 4.69) is 20.4 Å². The van der Waals surface area contributed by atoms with Crippen LogP contribution in [-0.4, -0.2) is 20.4 Å². The summed E-state index contributed by atoms with van der Waals surface area (Å²) in [4.78, 5) is 0. The minimum absolute atomic E-state index is 0.195. The van der Waals surface area contributed by atoms with Crippen LogP contribution in [0.15, 0.2) is 48.5 Å². The van der Waals surface area contributed by atoms with E-state index in [0.29, 0.717) is 11.4 Å². The summed E-state index contributed by atoms with van der Waals surface area (Å²) in [7, 11) is 0. The van der Waals surface area contributed by atoms with Gasteiger partial charge in [0.1, 0.15) is 5.82 Å². The van der Waals surface area contributed by atoms with Crippen molar-refractivity contribution < 1.29 is 4.39 Å². The fourth-order valence-corrected chi connectivity index (χ4v) is 1.95. The molecule has 0 amide bonds. The van der Waals surface area contributed by atoms with Gasteiger partial charge in [0.25, 0.3) is 0 Å². The molecule has 0 aliphatic heterocycles. The number of benzene rings is 2. The van der Waals surface area contributed by atoms with Crippen LogP contribution >= 0.6 is 0 Å². The third-order valence-electron chi connectivity index (χ3n) is 2.96. The summed E-state index contributed by atoms with van der Waals surface area (Å²) in [6.45, 7) is 5.80. The molecule has 0 spiro atoms. The minimum atomic E-state index is -0.374. The molecule has 22 heavy (non-hydrogen) atoms. The van der Waals surface area contributed by atoms with E-state index in [1.54, 1.807) is 19.1 Å². The Hall–Kier alpha value is -2.69. The van der Waals surface area contributed by atoms with E-state index in [1.807, 2.05) is 44.2 Å². The highest BCUT2D eigenvalue weighted by Gasteiger charge is 2.12. The van der Waals surface area contributed by atoms with Crippen LogP contribution in [0.2, 0.25) is 0 Å². The zero-order valence-electron chi connectivity index (χ0n) is 12.8. The second-order valence-electron chi connectivity index (χ2n) is 4.34. The van der Waals surface area contributed by atoms with Gasteiger partial charge in [-0.15, -0.1) is 20.4 Å². The predicted octanol–water partition coefficient (Wildman–Crippen LogP) is 4.07. The van der Waals surface area contributed by atoms with E-state index in [-0.39, 0.29) is 11.6 Å². The molecule has 1 aromatic heterocycles. The van der Waals surface area contributed by atoms with Crippen LogP contribution < -0.4 is 0 Å². The monoisotopic (exact) mass is 296 g/mol. The van der Waals surface area contributed by atoms with E-state index in [9.17, 15) is 4.39 Å². The molecule has 0 saturated carbocycles. The number of aromatic nitrogens is 4. The lowest BCUT2D eigenvalue weighted by atomic mass is 10.1. The molecule has 4 nitrogen and oxygen atoms in total. The highest BCUT2D eigenvalue weighted by Crippen LogP contribution is 2.22. The van der Waals surface area contributed by atoms with Crippen LogP contribution in [0, 0.1) is 12.7 Å². The van der Waals surface area contributed by atoms with Crippen LogP contribution in [0.4, 0.5) is 4.39 Å². The van der Waals surface area contributed by atoms with Gasteiger partial charge in [0.2, 0.25) is 11.6 Å². The van der Waals surface area contributed by atoms with Gasteiger partial charge in [-0.05, 0) is 18.6 Å². The SMILES string of the molecule is CC.Cc1cccc(F)c1-c1nnc(-c2ccccc2)nn1. The fourth-order valence-electron chi connectivity index (χ4n) is 1.95. The summed E-state index contributed by atoms with van der Waals surface area (Å²) >= 11 is 0. The number of nitrogens with zero attached hydrogens (tertiary/aromatic N) is 4. The van der Waals surface area contributed by atoms with Crippen molar-refractivity contribution in [2.75, 3.05) is 0 Å². The van der Waals surface area contributed by atoms with Crippen molar-refractivity contribution in [3.63, 3.8) is 0 Å². The summed E-state index contributed by atoms with van der Waals surface area (Å²) in [6.07, 6.45) is 0. The second kappa shape index (κ2) is 7.36. The van der Waals surface area contributed by atoms with Crippen molar-refractivity contribution in [1.29, 1.82) is 0 Å². The van der Waals surface area contributed by atoms with Gasteiger partial charge in [-0.25, -0.2) is 4.39 Å². The maximum atomic E-state index is 13.8. The number of hydrogen-bond acceptors (Lipinski definition) is 4. The van der Waals surface area contributed by atoms with Gasteiger partial charge in [-0.2, -0.15) is 0 Å². The van der Waals surface area contributed by atoms with Crippen LogP contribution in [0.1, 0.15) is 19.4 Å². The Morgan fingerprint density at radius 3 is 1.91 bits per heavy atom. The molecule has 2 aromatic carbocycles. The zero-order valence-corrected chi connectivity index (χ0v) is 12.8. The van der Waals surface area contributed by atoms with Crippen LogP contribution in [0.25, 0.3) is 22.8 Å². The molecule has 0 bridgehead atoms. The van der Waals surface area contributed by atoms with E-state index >= 15 is 0 Å². The Morgan fingerprint density at radius 1 is 0.727 bits per heavy atom. The topological polar surface area (TPSA) is 51.6 Å². The van der Waals surface area contributed by atoms with Crippen molar-refractivity contribution in [3.8, 4) is 22.8 Å². The van der Waals surface area contributed by atoms with Gasteiger partial charge < -0.3 is 0 Å². The lowest BCUT2D eigenvalue weighted by molar-refractivity contribution is 0.627. The molecule has 112 valence electrons. The molecule has 3 aromatic rings. The second-order valence-corrected chi connectivity index (χ2v) is 4.34. The van der Waals surface area contributed by atoms with Gasteiger partial charge >= 0.3 is 0 Å². The summed E-state index contributed by atoms with van der Waals surface area (Å²) in [5.74, 6) is 0.240. The molecule has 5 heteroatoms. The van der Waals surface area contributed by atoms with Crippen LogP contribution in [-0.2, 0) is 0 Å². The van der Waals surface area contributed by atoms with E-state index < -0.39 is 0 Å². The van der Waals surface area contributed by atoms with Crippen molar-refractivity contribution >= 4 is 0 Å². The first kappa shape index (κ1) is 15.7. The molecular weight excluding hydrogens is 279 g/mol. The maximum Gasteiger partial charge on any atom is 0.206 e. The summed E-state index contributed by atoms with van der Waals surface area (Å²) in [5, 5.41) is 16.0. The molecular formula is C17H17FN4. The lowest BCUT2D eigenvalue weighted by Gasteiger charge is -2.04. The highest BCUT2D eigenvalue weighted by atomic mass is 19.1. The van der Waals surface area contributed by atoms with Gasteiger partial charge in [-0.3, -0.25) is 0 Å². The standard InChI is InChI=1S/C15H11FN4.C2H6/c1-10-6-5-9-12(16)13(10)15-19-17-14(18-20-15)11-7-3-2-4-8-11;1-2/h2-9H,1H3;1-2H3. The Balaban J connectivity index is 0.000000847. The molecule has 0 fully saturated rings.